The number of nitrogens with zero attached hydrogens (tertiary/aromatic N) is 4. The Morgan fingerprint density at radius 1 is 0.879 bits per heavy atom. The molecule has 0 saturated carbocycles. The van der Waals surface area contributed by atoms with Crippen LogP contribution in [0.3, 0.4) is 0 Å². The van der Waals surface area contributed by atoms with Crippen LogP contribution in [-0.2, 0) is 26.2 Å². The summed E-state index contributed by atoms with van der Waals surface area (Å²) < 4.78 is 7.76. The van der Waals surface area contributed by atoms with E-state index in [1.54, 1.807) is 19.4 Å². The first-order chi connectivity index (χ1) is 16.3. The minimum absolute atomic E-state index is 0.492. The summed E-state index contributed by atoms with van der Waals surface area (Å²) in [6.45, 7) is 2.50. The summed E-state index contributed by atoms with van der Waals surface area (Å²) in [5.74, 6) is 1.33. The van der Waals surface area contributed by atoms with Crippen LogP contribution in [0.2, 0.25) is 0 Å². The Kier molecular flexibility index (Phi) is 7.68. The van der Waals surface area contributed by atoms with Crippen molar-refractivity contribution in [3.8, 4) is 5.88 Å². The molecular formula is C26H28N6O. The molecule has 33 heavy (non-hydrogen) atoms. The molecule has 0 atom stereocenters. The highest BCUT2D eigenvalue weighted by atomic mass is 16.5. The lowest BCUT2D eigenvalue weighted by Gasteiger charge is -2.15. The summed E-state index contributed by atoms with van der Waals surface area (Å²) in [5, 5.41) is 11.1. The Morgan fingerprint density at radius 3 is 2.45 bits per heavy atom. The van der Waals surface area contributed by atoms with Crippen LogP contribution in [-0.4, -0.2) is 27.8 Å². The van der Waals surface area contributed by atoms with Gasteiger partial charge in [0.2, 0.25) is 5.88 Å². The molecule has 0 amide bonds. The van der Waals surface area contributed by atoms with Gasteiger partial charge in [-0.1, -0.05) is 54.6 Å². The highest BCUT2D eigenvalue weighted by Gasteiger charge is 2.06. The fourth-order valence-corrected chi connectivity index (χ4v) is 3.41. The third-order valence-corrected chi connectivity index (χ3v) is 5.17. The molecule has 2 aromatic heterocycles. The molecule has 0 spiro atoms. The van der Waals surface area contributed by atoms with Gasteiger partial charge >= 0.3 is 0 Å². The first-order valence-electron chi connectivity index (χ1n) is 10.9. The van der Waals surface area contributed by atoms with Gasteiger partial charge in [0.15, 0.2) is 5.96 Å². The fourth-order valence-electron chi connectivity index (χ4n) is 3.41. The molecule has 4 aromatic rings. The van der Waals surface area contributed by atoms with Gasteiger partial charge < -0.3 is 15.4 Å². The Balaban J connectivity index is 1.30. The highest BCUT2D eigenvalue weighted by Crippen LogP contribution is 2.12. The van der Waals surface area contributed by atoms with E-state index in [0.29, 0.717) is 25.6 Å². The lowest BCUT2D eigenvalue weighted by molar-refractivity contribution is 0.293. The third kappa shape index (κ3) is 6.67. The molecule has 0 aliphatic rings. The number of nitrogens with one attached hydrogen (secondary N) is 2. The molecule has 7 heteroatoms. The van der Waals surface area contributed by atoms with Crippen molar-refractivity contribution >= 4 is 5.96 Å². The van der Waals surface area contributed by atoms with Gasteiger partial charge in [-0.25, -0.2) is 4.98 Å². The van der Waals surface area contributed by atoms with Crippen LogP contribution in [0, 0.1) is 0 Å². The summed E-state index contributed by atoms with van der Waals surface area (Å²) in [5.41, 5.74) is 4.60. The Hall–Kier alpha value is -4.13. The van der Waals surface area contributed by atoms with Crippen molar-refractivity contribution in [2.24, 2.45) is 4.99 Å². The SMILES string of the molecule is CN=C(NCc1ccnc(OCc2ccccc2)c1)NCc1ccccc1Cn1cccn1. The van der Waals surface area contributed by atoms with Gasteiger partial charge in [0.1, 0.15) is 6.61 Å². The highest BCUT2D eigenvalue weighted by molar-refractivity contribution is 5.79. The fraction of sp³-hybridized carbons (Fsp3) is 0.192. The monoisotopic (exact) mass is 440 g/mol. The number of guanidine groups is 1. The summed E-state index contributed by atoms with van der Waals surface area (Å²) in [6.07, 6.45) is 5.53. The summed E-state index contributed by atoms with van der Waals surface area (Å²) in [7, 11) is 1.77. The predicted octanol–water partition coefficient (Wildman–Crippen LogP) is 3.77. The molecule has 0 aliphatic heterocycles. The van der Waals surface area contributed by atoms with E-state index in [9.17, 15) is 0 Å². The van der Waals surface area contributed by atoms with Gasteiger partial charge in [-0.15, -0.1) is 0 Å². The molecule has 168 valence electrons. The van der Waals surface area contributed by atoms with Crippen LogP contribution >= 0.6 is 0 Å². The molecule has 0 radical (unpaired) electrons. The maximum Gasteiger partial charge on any atom is 0.213 e. The van der Waals surface area contributed by atoms with Crippen molar-refractivity contribution < 1.29 is 4.74 Å². The second-order valence-electron chi connectivity index (χ2n) is 7.53. The summed E-state index contributed by atoms with van der Waals surface area (Å²) in [6, 6.07) is 24.3. The van der Waals surface area contributed by atoms with Gasteiger partial charge in [0.05, 0.1) is 6.54 Å². The van der Waals surface area contributed by atoms with E-state index in [4.69, 9.17) is 4.74 Å². The van der Waals surface area contributed by atoms with Crippen molar-refractivity contribution in [3.05, 3.63) is 114 Å². The van der Waals surface area contributed by atoms with Gasteiger partial charge in [-0.3, -0.25) is 9.67 Å². The van der Waals surface area contributed by atoms with Gasteiger partial charge in [-0.05, 0) is 34.4 Å². The molecule has 4 rings (SSSR count). The number of hydrogen-bond acceptors (Lipinski definition) is 4. The third-order valence-electron chi connectivity index (χ3n) is 5.17. The Labute approximate surface area is 194 Å². The second-order valence-corrected chi connectivity index (χ2v) is 7.53. The largest absolute Gasteiger partial charge is 0.473 e. The van der Waals surface area contributed by atoms with Crippen molar-refractivity contribution in [3.63, 3.8) is 0 Å². The minimum atomic E-state index is 0.492. The van der Waals surface area contributed by atoms with Crippen LogP contribution in [0.5, 0.6) is 5.88 Å². The number of benzene rings is 2. The van der Waals surface area contributed by atoms with Crippen LogP contribution in [0.4, 0.5) is 0 Å². The smallest absolute Gasteiger partial charge is 0.213 e. The number of ether oxygens (including phenoxy) is 1. The molecule has 7 nitrogen and oxygen atoms in total. The summed E-state index contributed by atoms with van der Waals surface area (Å²) >= 11 is 0. The molecule has 0 fully saturated rings. The molecule has 2 N–H and O–H groups in total. The zero-order chi connectivity index (χ0) is 22.7. The van der Waals surface area contributed by atoms with Crippen molar-refractivity contribution in [1.82, 2.24) is 25.4 Å². The van der Waals surface area contributed by atoms with Gasteiger partial charge in [-0.2, -0.15) is 5.10 Å². The maximum absolute atomic E-state index is 5.84. The molecule has 2 heterocycles. The molecular weight excluding hydrogens is 412 g/mol. The Morgan fingerprint density at radius 2 is 1.67 bits per heavy atom. The van der Waals surface area contributed by atoms with Crippen molar-refractivity contribution in [2.45, 2.75) is 26.2 Å². The summed E-state index contributed by atoms with van der Waals surface area (Å²) in [4.78, 5) is 8.67. The van der Waals surface area contributed by atoms with E-state index in [-0.39, 0.29) is 0 Å². The molecule has 0 saturated heterocycles. The van der Waals surface area contributed by atoms with Gasteiger partial charge in [0, 0.05) is 44.8 Å². The standard InChI is InChI=1S/C26H28N6O/c1-27-26(30-18-23-10-5-6-11-24(23)19-32-15-7-13-31-32)29-17-22-12-14-28-25(16-22)33-20-21-8-3-2-4-9-21/h2-16H,17-20H2,1H3,(H2,27,29,30). The number of pyridine rings is 1. The quantitative estimate of drug-likeness (QED) is 0.306. The molecule has 0 bridgehead atoms. The minimum Gasteiger partial charge on any atom is -0.473 e. The van der Waals surface area contributed by atoms with E-state index >= 15 is 0 Å². The van der Waals surface area contributed by atoms with E-state index < -0.39 is 0 Å². The van der Waals surface area contributed by atoms with Crippen LogP contribution < -0.4 is 15.4 Å². The first kappa shape index (κ1) is 22.1. The maximum atomic E-state index is 5.84. The predicted molar refractivity (Wildman–Crippen MR) is 130 cm³/mol. The topological polar surface area (TPSA) is 76.4 Å². The van der Waals surface area contributed by atoms with E-state index in [2.05, 4.69) is 43.9 Å². The van der Waals surface area contributed by atoms with E-state index in [0.717, 1.165) is 23.6 Å². The molecule has 0 aliphatic carbocycles. The number of hydrogen-bond donors (Lipinski definition) is 2. The normalized spacial score (nSPS) is 11.2. The van der Waals surface area contributed by atoms with E-state index in [1.807, 2.05) is 65.5 Å². The zero-order valence-electron chi connectivity index (χ0n) is 18.7. The molecule has 2 aromatic carbocycles. The van der Waals surface area contributed by atoms with Crippen molar-refractivity contribution in [1.29, 1.82) is 0 Å². The average molecular weight is 441 g/mol. The van der Waals surface area contributed by atoms with Gasteiger partial charge in [0.25, 0.3) is 0 Å². The second kappa shape index (κ2) is 11.5. The van der Waals surface area contributed by atoms with Crippen LogP contribution in [0.15, 0.2) is 96.4 Å². The number of rotatable bonds is 9. The van der Waals surface area contributed by atoms with Crippen LogP contribution in [0.1, 0.15) is 22.3 Å². The number of aliphatic imine (C=N–C) groups is 1. The van der Waals surface area contributed by atoms with Crippen LogP contribution in [0.25, 0.3) is 0 Å². The average Bonchev–Trinajstić information content (AvgIpc) is 3.38. The zero-order valence-corrected chi connectivity index (χ0v) is 18.7. The van der Waals surface area contributed by atoms with E-state index in [1.165, 1.54) is 11.1 Å². The lowest BCUT2D eigenvalue weighted by atomic mass is 10.1. The lowest BCUT2D eigenvalue weighted by Crippen LogP contribution is -2.36. The molecule has 0 unspecified atom stereocenters. The first-order valence-corrected chi connectivity index (χ1v) is 10.9. The van der Waals surface area contributed by atoms with Crippen molar-refractivity contribution in [2.75, 3.05) is 7.05 Å². The Bertz CT molecular complexity index is 1160. The number of aromatic nitrogens is 3.